The van der Waals surface area contributed by atoms with Gasteiger partial charge in [0.2, 0.25) is 0 Å². The molecule has 0 radical (unpaired) electrons. The number of pyridine rings is 1. The standard InChI is InChI=1S/C19H19N3O2/c23-18-8-11-22(17-6-2-1-5-16(17)18)19(24)21-10-7-15(13-21)14-4-3-9-20-12-14/h1-6,9,12,15H,7-8,10-11,13H2. The number of para-hydroxylation sites is 1. The highest BCUT2D eigenvalue weighted by molar-refractivity contribution is 6.08. The Bertz CT molecular complexity index is 775. The van der Waals surface area contributed by atoms with E-state index in [1.165, 1.54) is 5.56 Å². The van der Waals surface area contributed by atoms with Gasteiger partial charge < -0.3 is 4.90 Å². The average Bonchev–Trinajstić information content (AvgIpc) is 3.13. The lowest BCUT2D eigenvalue weighted by Crippen LogP contribution is -2.45. The summed E-state index contributed by atoms with van der Waals surface area (Å²) < 4.78 is 0. The molecule has 2 aliphatic rings. The lowest BCUT2D eigenvalue weighted by molar-refractivity contribution is 0.0980. The first-order valence-corrected chi connectivity index (χ1v) is 8.32. The third-order valence-electron chi connectivity index (χ3n) is 4.90. The van der Waals surface area contributed by atoms with E-state index in [0.717, 1.165) is 18.7 Å². The van der Waals surface area contributed by atoms with Crippen LogP contribution in [-0.2, 0) is 0 Å². The number of rotatable bonds is 1. The predicted molar refractivity (Wildman–Crippen MR) is 91.3 cm³/mol. The van der Waals surface area contributed by atoms with Gasteiger partial charge in [-0.25, -0.2) is 4.79 Å². The number of Topliss-reactive ketones (excluding diaryl/α,β-unsaturated/α-hetero) is 1. The van der Waals surface area contributed by atoms with Gasteiger partial charge in [0.25, 0.3) is 0 Å². The van der Waals surface area contributed by atoms with Crippen LogP contribution in [0.5, 0.6) is 0 Å². The minimum atomic E-state index is 0.00124. The number of hydrogen-bond acceptors (Lipinski definition) is 3. The molecule has 0 aliphatic carbocycles. The van der Waals surface area contributed by atoms with Gasteiger partial charge in [-0.1, -0.05) is 18.2 Å². The Labute approximate surface area is 140 Å². The first kappa shape index (κ1) is 14.9. The second kappa shape index (κ2) is 6.07. The summed E-state index contributed by atoms with van der Waals surface area (Å²) in [4.78, 5) is 32.8. The first-order chi connectivity index (χ1) is 11.7. The number of likely N-dealkylation sites (tertiary alicyclic amines) is 1. The summed E-state index contributed by atoms with van der Waals surface area (Å²) >= 11 is 0. The van der Waals surface area contributed by atoms with E-state index in [4.69, 9.17) is 0 Å². The van der Waals surface area contributed by atoms with E-state index in [-0.39, 0.29) is 11.8 Å². The van der Waals surface area contributed by atoms with E-state index in [0.29, 0.717) is 31.0 Å². The number of urea groups is 1. The molecular weight excluding hydrogens is 302 g/mol. The molecule has 2 aliphatic heterocycles. The highest BCUT2D eigenvalue weighted by atomic mass is 16.2. The van der Waals surface area contributed by atoms with Crippen LogP contribution in [0.1, 0.15) is 34.7 Å². The third-order valence-corrected chi connectivity index (χ3v) is 4.90. The fraction of sp³-hybridized carbons (Fsp3) is 0.316. The van der Waals surface area contributed by atoms with Crippen LogP contribution in [0.15, 0.2) is 48.8 Å². The summed E-state index contributed by atoms with van der Waals surface area (Å²) in [6.45, 7) is 1.91. The van der Waals surface area contributed by atoms with Crippen molar-refractivity contribution in [2.24, 2.45) is 0 Å². The number of carbonyl (C=O) groups excluding carboxylic acids is 2. The molecule has 24 heavy (non-hydrogen) atoms. The molecule has 3 heterocycles. The molecule has 1 aromatic carbocycles. The Morgan fingerprint density at radius 3 is 2.83 bits per heavy atom. The number of carbonyl (C=O) groups is 2. The van der Waals surface area contributed by atoms with Gasteiger partial charge in [-0.3, -0.25) is 14.7 Å². The number of anilines is 1. The Morgan fingerprint density at radius 1 is 1.12 bits per heavy atom. The molecule has 1 atom stereocenters. The molecule has 2 amide bonds. The highest BCUT2D eigenvalue weighted by Gasteiger charge is 2.34. The third kappa shape index (κ3) is 2.56. The molecule has 0 saturated carbocycles. The van der Waals surface area contributed by atoms with Crippen LogP contribution in [-0.4, -0.2) is 41.3 Å². The predicted octanol–water partition coefficient (Wildman–Crippen LogP) is 3.08. The molecule has 1 unspecified atom stereocenters. The number of nitrogens with zero attached hydrogens (tertiary/aromatic N) is 3. The van der Waals surface area contributed by atoms with E-state index in [1.54, 1.807) is 17.2 Å². The minimum Gasteiger partial charge on any atom is -0.324 e. The van der Waals surface area contributed by atoms with Crippen molar-refractivity contribution in [1.29, 1.82) is 0 Å². The molecule has 1 fully saturated rings. The molecule has 122 valence electrons. The second-order valence-corrected chi connectivity index (χ2v) is 6.34. The van der Waals surface area contributed by atoms with E-state index in [1.807, 2.05) is 35.4 Å². The zero-order valence-corrected chi connectivity index (χ0v) is 13.4. The smallest absolute Gasteiger partial charge is 0.324 e. The Balaban J connectivity index is 1.53. The molecule has 4 rings (SSSR count). The number of ketones is 1. The summed E-state index contributed by atoms with van der Waals surface area (Å²) in [5.74, 6) is 0.452. The summed E-state index contributed by atoms with van der Waals surface area (Å²) in [6.07, 6.45) is 4.99. The summed E-state index contributed by atoms with van der Waals surface area (Å²) in [5, 5.41) is 0. The van der Waals surface area contributed by atoms with E-state index >= 15 is 0 Å². The van der Waals surface area contributed by atoms with E-state index in [2.05, 4.69) is 11.1 Å². The topological polar surface area (TPSA) is 53.5 Å². The molecule has 1 saturated heterocycles. The van der Waals surface area contributed by atoms with Crippen molar-refractivity contribution in [3.05, 3.63) is 59.9 Å². The first-order valence-electron chi connectivity index (χ1n) is 8.32. The molecule has 0 spiro atoms. The molecule has 2 aromatic rings. The van der Waals surface area contributed by atoms with Gasteiger partial charge >= 0.3 is 6.03 Å². The van der Waals surface area contributed by atoms with Crippen molar-refractivity contribution in [3.8, 4) is 0 Å². The van der Waals surface area contributed by atoms with Gasteiger partial charge in [-0.2, -0.15) is 0 Å². The van der Waals surface area contributed by atoms with Crippen LogP contribution in [0.4, 0.5) is 10.5 Å². The van der Waals surface area contributed by atoms with Gasteiger partial charge in [-0.05, 0) is 30.2 Å². The molecule has 0 N–H and O–H groups in total. The van der Waals surface area contributed by atoms with Crippen LogP contribution in [0.2, 0.25) is 0 Å². The van der Waals surface area contributed by atoms with Crippen molar-refractivity contribution in [2.45, 2.75) is 18.8 Å². The van der Waals surface area contributed by atoms with Crippen molar-refractivity contribution < 1.29 is 9.59 Å². The zero-order chi connectivity index (χ0) is 16.5. The van der Waals surface area contributed by atoms with Crippen LogP contribution < -0.4 is 4.90 Å². The van der Waals surface area contributed by atoms with Crippen LogP contribution in [0.25, 0.3) is 0 Å². The second-order valence-electron chi connectivity index (χ2n) is 6.34. The lowest BCUT2D eigenvalue weighted by Gasteiger charge is -2.32. The van der Waals surface area contributed by atoms with E-state index < -0.39 is 0 Å². The number of amides is 2. The van der Waals surface area contributed by atoms with Crippen LogP contribution >= 0.6 is 0 Å². The Kier molecular flexibility index (Phi) is 3.76. The van der Waals surface area contributed by atoms with Gasteiger partial charge in [0.15, 0.2) is 5.78 Å². The molecule has 5 nitrogen and oxygen atoms in total. The Hall–Kier alpha value is -2.69. The Morgan fingerprint density at radius 2 is 2.00 bits per heavy atom. The number of fused-ring (bicyclic) bond motifs is 1. The number of hydrogen-bond donors (Lipinski definition) is 0. The van der Waals surface area contributed by atoms with Crippen molar-refractivity contribution in [2.75, 3.05) is 24.5 Å². The quantitative estimate of drug-likeness (QED) is 0.811. The lowest BCUT2D eigenvalue weighted by atomic mass is 10.0. The van der Waals surface area contributed by atoms with Crippen LogP contribution in [0.3, 0.4) is 0 Å². The fourth-order valence-corrected chi connectivity index (χ4v) is 3.61. The fourth-order valence-electron chi connectivity index (χ4n) is 3.61. The maximum Gasteiger partial charge on any atom is 0.324 e. The van der Waals surface area contributed by atoms with Crippen molar-refractivity contribution in [1.82, 2.24) is 9.88 Å². The van der Waals surface area contributed by atoms with Crippen molar-refractivity contribution in [3.63, 3.8) is 0 Å². The van der Waals surface area contributed by atoms with Gasteiger partial charge in [0, 0.05) is 49.9 Å². The molecule has 0 bridgehead atoms. The van der Waals surface area contributed by atoms with Gasteiger partial charge in [0.1, 0.15) is 0 Å². The maximum absolute atomic E-state index is 13.0. The maximum atomic E-state index is 13.0. The van der Waals surface area contributed by atoms with Crippen LogP contribution in [0, 0.1) is 0 Å². The SMILES string of the molecule is O=C1CCN(C(=O)N2CCC(c3cccnc3)C2)c2ccccc21. The average molecular weight is 321 g/mol. The minimum absolute atomic E-state index is 0.00124. The largest absolute Gasteiger partial charge is 0.324 e. The highest BCUT2D eigenvalue weighted by Crippen LogP contribution is 2.31. The summed E-state index contributed by atoms with van der Waals surface area (Å²) in [5.41, 5.74) is 2.57. The zero-order valence-electron chi connectivity index (χ0n) is 13.4. The van der Waals surface area contributed by atoms with E-state index in [9.17, 15) is 9.59 Å². The van der Waals surface area contributed by atoms with Gasteiger partial charge in [0.05, 0.1) is 5.69 Å². The number of aromatic nitrogens is 1. The molecular formula is C19H19N3O2. The monoisotopic (exact) mass is 321 g/mol. The molecule has 1 aromatic heterocycles. The molecule has 5 heteroatoms. The summed E-state index contributed by atoms with van der Waals surface area (Å²) in [6, 6.07) is 11.4. The number of benzene rings is 1. The van der Waals surface area contributed by atoms with Gasteiger partial charge in [-0.15, -0.1) is 0 Å². The normalized spacial score (nSPS) is 20.2. The van der Waals surface area contributed by atoms with Crippen molar-refractivity contribution >= 4 is 17.5 Å². The summed E-state index contributed by atoms with van der Waals surface area (Å²) in [7, 11) is 0.